The van der Waals surface area contributed by atoms with Crippen molar-refractivity contribution in [1.82, 2.24) is 0 Å². The number of nitrogens with one attached hydrogen (secondary N) is 1. The van der Waals surface area contributed by atoms with E-state index < -0.39 is 23.9 Å². The zero-order chi connectivity index (χ0) is 17.9. The molecule has 0 aliphatic heterocycles. The summed E-state index contributed by atoms with van der Waals surface area (Å²) < 4.78 is 29.2. The van der Waals surface area contributed by atoms with Crippen molar-refractivity contribution in [1.29, 1.82) is 0 Å². The van der Waals surface area contributed by atoms with Crippen LogP contribution in [0.4, 0.5) is 14.5 Å². The van der Waals surface area contributed by atoms with Gasteiger partial charge in [0.05, 0.1) is 16.7 Å². The molecule has 1 aromatic rings. The normalized spacial score (nSPS) is 19.8. The van der Waals surface area contributed by atoms with E-state index in [-0.39, 0.29) is 23.4 Å². The Morgan fingerprint density at radius 2 is 2.12 bits per heavy atom. The van der Waals surface area contributed by atoms with Gasteiger partial charge in [0.1, 0.15) is 5.76 Å². The number of hydrogen-bond donors (Lipinski definition) is 2. The minimum absolute atomic E-state index is 0.00913. The second-order valence-corrected chi connectivity index (χ2v) is 6.30. The number of ether oxygens (including phenoxy) is 1. The Kier molecular flexibility index (Phi) is 5.38. The number of benzene rings is 1. The Morgan fingerprint density at radius 1 is 1.42 bits per heavy atom. The molecule has 24 heavy (non-hydrogen) atoms. The van der Waals surface area contributed by atoms with Gasteiger partial charge in [0.25, 0.3) is 0 Å². The number of carboxylic acids is 1. The molecule has 0 saturated carbocycles. The first-order chi connectivity index (χ1) is 11.2. The van der Waals surface area contributed by atoms with Gasteiger partial charge < -0.3 is 15.2 Å². The van der Waals surface area contributed by atoms with Gasteiger partial charge in [0, 0.05) is 4.47 Å². The molecule has 1 aliphatic rings. The zero-order valence-electron chi connectivity index (χ0n) is 12.6. The highest BCUT2D eigenvalue weighted by Gasteiger charge is 2.32. The number of alkyl halides is 2. The summed E-state index contributed by atoms with van der Waals surface area (Å²) in [5, 5.41) is 11.8. The molecule has 0 spiro atoms. The number of carbonyl (C=O) groups is 2. The van der Waals surface area contributed by atoms with Gasteiger partial charge >= 0.3 is 12.6 Å². The maximum atomic E-state index is 12.5. The van der Waals surface area contributed by atoms with E-state index in [0.29, 0.717) is 4.47 Å². The van der Waals surface area contributed by atoms with Gasteiger partial charge in [0.2, 0.25) is 5.91 Å². The molecule has 0 fully saturated rings. The summed E-state index contributed by atoms with van der Waals surface area (Å²) in [4.78, 5) is 23.8. The molecule has 0 bridgehead atoms. The summed E-state index contributed by atoms with van der Waals surface area (Å²) in [7, 11) is 0. The van der Waals surface area contributed by atoms with Crippen molar-refractivity contribution < 1.29 is 28.2 Å². The highest BCUT2D eigenvalue weighted by Crippen LogP contribution is 2.32. The number of aromatic carboxylic acids is 1. The molecule has 128 valence electrons. The summed E-state index contributed by atoms with van der Waals surface area (Å²) in [5.74, 6) is -1.63. The fourth-order valence-electron chi connectivity index (χ4n) is 2.14. The van der Waals surface area contributed by atoms with Crippen molar-refractivity contribution >= 4 is 33.5 Å². The van der Waals surface area contributed by atoms with Gasteiger partial charge in [-0.05, 0) is 43.7 Å². The average molecular weight is 402 g/mol. The number of carbonyl (C=O) groups excluding carboxylic acids is 1. The highest BCUT2D eigenvalue weighted by molar-refractivity contribution is 9.10. The molecule has 1 unspecified atom stereocenters. The molecule has 1 amide bonds. The molecule has 1 aliphatic carbocycles. The molecule has 1 aromatic carbocycles. The van der Waals surface area contributed by atoms with Gasteiger partial charge in [-0.15, -0.1) is 0 Å². The maximum absolute atomic E-state index is 12.5. The lowest BCUT2D eigenvalue weighted by Crippen LogP contribution is -2.33. The quantitative estimate of drug-likeness (QED) is 0.775. The van der Waals surface area contributed by atoms with Crippen molar-refractivity contribution in [3.8, 4) is 0 Å². The minimum Gasteiger partial charge on any atom is -0.478 e. The SMILES string of the molecule is CC1(C(=O)Nc2ccc(Br)cc2C(=O)O)C=CC(OC(F)F)=CC1. The van der Waals surface area contributed by atoms with Crippen LogP contribution in [0.1, 0.15) is 23.7 Å². The van der Waals surface area contributed by atoms with E-state index in [9.17, 15) is 23.5 Å². The maximum Gasteiger partial charge on any atom is 0.387 e. The Labute approximate surface area is 145 Å². The van der Waals surface area contributed by atoms with E-state index >= 15 is 0 Å². The van der Waals surface area contributed by atoms with Crippen molar-refractivity contribution in [3.63, 3.8) is 0 Å². The van der Waals surface area contributed by atoms with Crippen LogP contribution in [0.5, 0.6) is 0 Å². The Morgan fingerprint density at radius 3 is 2.67 bits per heavy atom. The second kappa shape index (κ2) is 7.12. The number of allylic oxidation sites excluding steroid dienone is 2. The number of rotatable bonds is 5. The lowest BCUT2D eigenvalue weighted by molar-refractivity contribution is -0.122. The molecule has 0 aromatic heterocycles. The fourth-order valence-corrected chi connectivity index (χ4v) is 2.50. The lowest BCUT2D eigenvalue weighted by atomic mass is 9.82. The summed E-state index contributed by atoms with van der Waals surface area (Å²) >= 11 is 3.17. The molecule has 0 radical (unpaired) electrons. The van der Waals surface area contributed by atoms with Gasteiger partial charge in [-0.3, -0.25) is 4.79 Å². The van der Waals surface area contributed by atoms with Crippen molar-refractivity contribution in [2.45, 2.75) is 20.0 Å². The van der Waals surface area contributed by atoms with Gasteiger partial charge in [-0.1, -0.05) is 22.0 Å². The van der Waals surface area contributed by atoms with Crippen LogP contribution in [0.15, 0.2) is 46.7 Å². The van der Waals surface area contributed by atoms with Crippen LogP contribution < -0.4 is 5.32 Å². The first kappa shape index (κ1) is 18.1. The molecule has 0 heterocycles. The largest absolute Gasteiger partial charge is 0.478 e. The zero-order valence-corrected chi connectivity index (χ0v) is 14.1. The second-order valence-electron chi connectivity index (χ2n) is 5.39. The van der Waals surface area contributed by atoms with E-state index in [1.54, 1.807) is 13.0 Å². The summed E-state index contributed by atoms with van der Waals surface area (Å²) in [5.41, 5.74) is -0.903. The third-order valence-electron chi connectivity index (χ3n) is 3.55. The van der Waals surface area contributed by atoms with Crippen LogP contribution in [0.25, 0.3) is 0 Å². The predicted octanol–water partition coefficient (Wildman–Crippen LogP) is 4.18. The third-order valence-corrected chi connectivity index (χ3v) is 4.04. The summed E-state index contributed by atoms with van der Waals surface area (Å²) in [6.07, 6.45) is 4.30. The van der Waals surface area contributed by atoms with E-state index in [0.717, 1.165) is 0 Å². The summed E-state index contributed by atoms with van der Waals surface area (Å²) in [6.45, 7) is -1.31. The van der Waals surface area contributed by atoms with Crippen LogP contribution in [0, 0.1) is 5.41 Å². The van der Waals surface area contributed by atoms with Crippen LogP contribution >= 0.6 is 15.9 Å². The van der Waals surface area contributed by atoms with Crippen LogP contribution in [-0.2, 0) is 9.53 Å². The molecule has 8 heteroatoms. The van der Waals surface area contributed by atoms with Crippen LogP contribution in [0.3, 0.4) is 0 Å². The Hall–Kier alpha value is -2.22. The monoisotopic (exact) mass is 401 g/mol. The van der Waals surface area contributed by atoms with Gasteiger partial charge in [-0.2, -0.15) is 8.78 Å². The Bertz CT molecular complexity index is 733. The average Bonchev–Trinajstić information content (AvgIpc) is 2.50. The van der Waals surface area contributed by atoms with Crippen molar-refractivity contribution in [3.05, 3.63) is 52.2 Å². The van der Waals surface area contributed by atoms with E-state index in [1.165, 1.54) is 30.4 Å². The first-order valence-electron chi connectivity index (χ1n) is 6.90. The van der Waals surface area contributed by atoms with Gasteiger partial charge in [0.15, 0.2) is 0 Å². The molecule has 1 atom stereocenters. The van der Waals surface area contributed by atoms with Crippen molar-refractivity contribution in [2.75, 3.05) is 5.32 Å². The topological polar surface area (TPSA) is 75.6 Å². The van der Waals surface area contributed by atoms with E-state index in [2.05, 4.69) is 26.0 Å². The molecular weight excluding hydrogens is 388 g/mol. The summed E-state index contributed by atoms with van der Waals surface area (Å²) in [6, 6.07) is 4.46. The predicted molar refractivity (Wildman–Crippen MR) is 86.8 cm³/mol. The number of hydrogen-bond acceptors (Lipinski definition) is 3. The lowest BCUT2D eigenvalue weighted by Gasteiger charge is -2.27. The molecule has 0 saturated heterocycles. The fraction of sp³-hybridized carbons (Fsp3) is 0.250. The molecule has 5 nitrogen and oxygen atoms in total. The number of carboxylic acid groups (broad SMARTS) is 1. The number of halogens is 3. The number of anilines is 1. The molecule has 2 N–H and O–H groups in total. The van der Waals surface area contributed by atoms with Crippen LogP contribution in [0.2, 0.25) is 0 Å². The highest BCUT2D eigenvalue weighted by atomic mass is 79.9. The smallest absolute Gasteiger partial charge is 0.387 e. The first-order valence-corrected chi connectivity index (χ1v) is 7.69. The van der Waals surface area contributed by atoms with Crippen molar-refractivity contribution in [2.24, 2.45) is 5.41 Å². The molecule has 2 rings (SSSR count). The Balaban J connectivity index is 2.15. The standard InChI is InChI=1S/C16H14BrF2NO4/c1-16(6-4-10(5-7-16)24-15(18)19)14(23)20-12-3-2-9(17)8-11(12)13(21)22/h2-6,8,15H,7H2,1H3,(H,20,23)(H,21,22). The third kappa shape index (κ3) is 4.19. The van der Waals surface area contributed by atoms with Crippen LogP contribution in [-0.4, -0.2) is 23.6 Å². The van der Waals surface area contributed by atoms with E-state index in [1.807, 2.05) is 0 Å². The molecular formula is C16H14BrF2NO4. The van der Waals surface area contributed by atoms with E-state index in [4.69, 9.17) is 0 Å². The minimum atomic E-state index is -2.93. The van der Waals surface area contributed by atoms with Gasteiger partial charge in [-0.25, -0.2) is 4.79 Å². The number of amides is 1.